The smallest absolute Gasteiger partial charge is 0.194 e. The first-order valence-corrected chi connectivity index (χ1v) is 5.54. The maximum atomic E-state index is 5.43. The molecule has 1 fully saturated rings. The summed E-state index contributed by atoms with van der Waals surface area (Å²) in [6.45, 7) is 2.54. The van der Waals surface area contributed by atoms with Crippen molar-refractivity contribution >= 4 is 0 Å². The predicted octanol–water partition coefficient (Wildman–Crippen LogP) is 1.36. The number of nitrogens with one attached hydrogen (secondary N) is 1. The average molecular weight is 210 g/mol. The molecule has 0 bridgehead atoms. The molecule has 0 spiro atoms. The third kappa shape index (κ3) is 3.04. The number of nitrogens with zero attached hydrogens (tertiary/aromatic N) is 1. The summed E-state index contributed by atoms with van der Waals surface area (Å²) in [4.78, 5) is 4.42. The van der Waals surface area contributed by atoms with Gasteiger partial charge in [-0.15, -0.1) is 0 Å². The van der Waals surface area contributed by atoms with Gasteiger partial charge in [-0.05, 0) is 25.8 Å². The molecule has 1 aromatic heterocycles. The van der Waals surface area contributed by atoms with Crippen LogP contribution in [0.15, 0.2) is 10.7 Å². The van der Waals surface area contributed by atoms with E-state index in [2.05, 4.69) is 10.3 Å². The van der Waals surface area contributed by atoms with Crippen LogP contribution in [0.3, 0.4) is 0 Å². The van der Waals surface area contributed by atoms with E-state index in [4.69, 9.17) is 9.15 Å². The van der Waals surface area contributed by atoms with Crippen LogP contribution in [0.5, 0.6) is 0 Å². The first-order chi connectivity index (χ1) is 7.38. The zero-order valence-electron chi connectivity index (χ0n) is 9.16. The van der Waals surface area contributed by atoms with Crippen molar-refractivity contribution < 1.29 is 9.15 Å². The van der Waals surface area contributed by atoms with Crippen molar-refractivity contribution in [3.05, 3.63) is 17.8 Å². The Bertz CT molecular complexity index is 293. The molecule has 15 heavy (non-hydrogen) atoms. The van der Waals surface area contributed by atoms with Gasteiger partial charge in [0.15, 0.2) is 5.89 Å². The molecule has 0 saturated carbocycles. The summed E-state index contributed by atoms with van der Waals surface area (Å²) in [6, 6.07) is 0. The topological polar surface area (TPSA) is 47.3 Å². The number of rotatable bonds is 4. The first-order valence-electron chi connectivity index (χ1n) is 5.54. The Hall–Kier alpha value is -0.870. The quantitative estimate of drug-likeness (QED) is 0.815. The molecule has 0 aromatic carbocycles. The van der Waals surface area contributed by atoms with Gasteiger partial charge in [-0.3, -0.25) is 0 Å². The van der Waals surface area contributed by atoms with Crippen LogP contribution in [0.25, 0.3) is 0 Å². The van der Waals surface area contributed by atoms with Gasteiger partial charge in [-0.25, -0.2) is 4.98 Å². The Morgan fingerprint density at radius 3 is 3.00 bits per heavy atom. The molecule has 0 unspecified atom stereocenters. The van der Waals surface area contributed by atoms with Gasteiger partial charge < -0.3 is 14.5 Å². The molecular formula is C11H18N2O2. The van der Waals surface area contributed by atoms with Gasteiger partial charge in [0.05, 0.1) is 5.69 Å². The van der Waals surface area contributed by atoms with Crippen molar-refractivity contribution in [2.24, 2.45) is 5.92 Å². The molecule has 0 amide bonds. The first kappa shape index (κ1) is 10.6. The maximum Gasteiger partial charge on any atom is 0.194 e. The fourth-order valence-corrected chi connectivity index (χ4v) is 1.90. The van der Waals surface area contributed by atoms with Gasteiger partial charge in [-0.1, -0.05) is 0 Å². The molecule has 2 rings (SSSR count). The predicted molar refractivity (Wildman–Crippen MR) is 56.5 cm³/mol. The van der Waals surface area contributed by atoms with Crippen LogP contribution in [0.2, 0.25) is 0 Å². The number of ether oxygens (including phenoxy) is 1. The lowest BCUT2D eigenvalue weighted by atomic mass is 9.97. The summed E-state index contributed by atoms with van der Waals surface area (Å²) in [7, 11) is 1.91. The molecule has 0 aliphatic carbocycles. The summed E-state index contributed by atoms with van der Waals surface area (Å²) in [6.07, 6.45) is 4.95. The van der Waals surface area contributed by atoms with Gasteiger partial charge in [0, 0.05) is 26.2 Å². The summed E-state index contributed by atoms with van der Waals surface area (Å²) in [5, 5.41) is 3.06. The fraction of sp³-hybridized carbons (Fsp3) is 0.727. The van der Waals surface area contributed by atoms with E-state index >= 15 is 0 Å². The van der Waals surface area contributed by atoms with Crippen LogP contribution in [0, 0.1) is 5.92 Å². The third-order valence-corrected chi connectivity index (χ3v) is 2.76. The summed E-state index contributed by atoms with van der Waals surface area (Å²) in [5.74, 6) is 1.55. The normalized spacial score (nSPS) is 18.2. The highest BCUT2D eigenvalue weighted by atomic mass is 16.5. The zero-order chi connectivity index (χ0) is 10.5. The lowest BCUT2D eigenvalue weighted by Crippen LogP contribution is -2.17. The van der Waals surface area contributed by atoms with Crippen LogP contribution in [0.4, 0.5) is 0 Å². The van der Waals surface area contributed by atoms with Crippen LogP contribution in [-0.4, -0.2) is 25.2 Å². The van der Waals surface area contributed by atoms with Gasteiger partial charge in [-0.2, -0.15) is 0 Å². The monoisotopic (exact) mass is 210 g/mol. The zero-order valence-corrected chi connectivity index (χ0v) is 9.16. The lowest BCUT2D eigenvalue weighted by molar-refractivity contribution is 0.0647. The van der Waals surface area contributed by atoms with Gasteiger partial charge in [0.25, 0.3) is 0 Å². The van der Waals surface area contributed by atoms with Crippen molar-refractivity contribution in [1.29, 1.82) is 0 Å². The lowest BCUT2D eigenvalue weighted by Gasteiger charge is -2.20. The minimum absolute atomic E-state index is 0.680. The Morgan fingerprint density at radius 1 is 1.47 bits per heavy atom. The van der Waals surface area contributed by atoms with Crippen molar-refractivity contribution in [3.63, 3.8) is 0 Å². The number of hydrogen-bond acceptors (Lipinski definition) is 4. The largest absolute Gasteiger partial charge is 0.449 e. The van der Waals surface area contributed by atoms with Gasteiger partial charge >= 0.3 is 0 Å². The van der Waals surface area contributed by atoms with E-state index in [-0.39, 0.29) is 0 Å². The second-order valence-electron chi connectivity index (χ2n) is 4.02. The molecule has 1 N–H and O–H groups in total. The van der Waals surface area contributed by atoms with E-state index in [1.807, 2.05) is 7.05 Å². The number of oxazole rings is 1. The second-order valence-corrected chi connectivity index (χ2v) is 4.02. The SMILES string of the molecule is CNCc1coc(CC2CCOCC2)n1. The highest BCUT2D eigenvalue weighted by Gasteiger charge is 2.16. The summed E-state index contributed by atoms with van der Waals surface area (Å²) >= 11 is 0. The van der Waals surface area contributed by atoms with E-state index < -0.39 is 0 Å². The highest BCUT2D eigenvalue weighted by molar-refractivity contribution is 4.96. The molecule has 1 aromatic rings. The fourth-order valence-electron chi connectivity index (χ4n) is 1.90. The van der Waals surface area contributed by atoms with Crippen LogP contribution >= 0.6 is 0 Å². The van der Waals surface area contributed by atoms with E-state index in [1.54, 1.807) is 6.26 Å². The van der Waals surface area contributed by atoms with Crippen molar-refractivity contribution in [2.75, 3.05) is 20.3 Å². The van der Waals surface area contributed by atoms with E-state index in [1.165, 1.54) is 0 Å². The molecule has 1 saturated heterocycles. The average Bonchev–Trinajstić information content (AvgIpc) is 2.68. The molecule has 1 aliphatic rings. The van der Waals surface area contributed by atoms with Gasteiger partial charge in [0.2, 0.25) is 0 Å². The summed E-state index contributed by atoms with van der Waals surface area (Å²) < 4.78 is 10.7. The highest BCUT2D eigenvalue weighted by Crippen LogP contribution is 2.19. The van der Waals surface area contributed by atoms with Crippen molar-refractivity contribution in [3.8, 4) is 0 Å². The molecule has 84 valence electrons. The Balaban J connectivity index is 1.86. The third-order valence-electron chi connectivity index (χ3n) is 2.76. The molecule has 2 heterocycles. The Morgan fingerprint density at radius 2 is 2.27 bits per heavy atom. The molecular weight excluding hydrogens is 192 g/mol. The number of hydrogen-bond donors (Lipinski definition) is 1. The molecule has 4 nitrogen and oxygen atoms in total. The summed E-state index contributed by atoms with van der Waals surface area (Å²) in [5.41, 5.74) is 0.986. The standard InChI is InChI=1S/C11H18N2O2/c1-12-7-10-8-15-11(13-10)6-9-2-4-14-5-3-9/h8-9,12H,2-7H2,1H3. The molecule has 0 radical (unpaired) electrons. The number of aromatic nitrogens is 1. The van der Waals surface area contributed by atoms with E-state index in [9.17, 15) is 0 Å². The van der Waals surface area contributed by atoms with Crippen molar-refractivity contribution in [1.82, 2.24) is 10.3 Å². The minimum Gasteiger partial charge on any atom is -0.449 e. The van der Waals surface area contributed by atoms with E-state index in [0.29, 0.717) is 5.92 Å². The Kier molecular flexibility index (Phi) is 3.75. The van der Waals surface area contributed by atoms with Crippen LogP contribution in [0.1, 0.15) is 24.4 Å². The maximum absolute atomic E-state index is 5.43. The van der Waals surface area contributed by atoms with Crippen LogP contribution in [-0.2, 0) is 17.7 Å². The second kappa shape index (κ2) is 5.28. The van der Waals surface area contributed by atoms with E-state index in [0.717, 1.165) is 50.6 Å². The van der Waals surface area contributed by atoms with Crippen molar-refractivity contribution in [2.45, 2.75) is 25.8 Å². The van der Waals surface area contributed by atoms with Crippen LogP contribution < -0.4 is 5.32 Å². The molecule has 4 heteroatoms. The minimum atomic E-state index is 0.680. The molecule has 1 aliphatic heterocycles. The Labute approximate surface area is 90.0 Å². The van der Waals surface area contributed by atoms with Gasteiger partial charge in [0.1, 0.15) is 6.26 Å². The molecule has 0 atom stereocenters.